The lowest BCUT2D eigenvalue weighted by molar-refractivity contribution is -0.141. The number of halogens is 3. The normalized spacial score (nSPS) is 20.7. The van der Waals surface area contributed by atoms with Crippen molar-refractivity contribution in [1.29, 1.82) is 0 Å². The minimum atomic E-state index is -4.70. The lowest BCUT2D eigenvalue weighted by Gasteiger charge is -2.42. The van der Waals surface area contributed by atoms with E-state index >= 15 is 0 Å². The molecule has 3 amide bonds. The number of rotatable bonds is 5. The fraction of sp³-hybridized carbons (Fsp3) is 0.577. The van der Waals surface area contributed by atoms with Crippen LogP contribution in [-0.4, -0.2) is 80.3 Å². The van der Waals surface area contributed by atoms with Crippen molar-refractivity contribution in [2.24, 2.45) is 5.73 Å². The number of nitrogens with two attached hydrogens (primary N) is 1. The molecule has 1 aliphatic heterocycles. The van der Waals surface area contributed by atoms with Crippen molar-refractivity contribution >= 4 is 23.6 Å². The Balaban J connectivity index is 1.35. The fourth-order valence-corrected chi connectivity index (χ4v) is 5.04. The van der Waals surface area contributed by atoms with E-state index in [1.165, 1.54) is 6.20 Å². The molecule has 218 valence electrons. The molecule has 0 radical (unpaired) electrons. The highest BCUT2D eigenvalue weighted by Gasteiger charge is 2.34. The Morgan fingerprint density at radius 1 is 1.00 bits per heavy atom. The molecule has 0 unspecified atom stereocenters. The zero-order chi connectivity index (χ0) is 29.2. The van der Waals surface area contributed by atoms with Crippen LogP contribution in [0.15, 0.2) is 24.4 Å². The molecule has 14 heteroatoms. The summed E-state index contributed by atoms with van der Waals surface area (Å²) in [5.74, 6) is -1.79. The van der Waals surface area contributed by atoms with Gasteiger partial charge in [-0.15, -0.1) is 0 Å². The summed E-state index contributed by atoms with van der Waals surface area (Å²) in [6, 6.07) is 3.29. The number of primary amides is 1. The average molecular weight is 566 g/mol. The summed E-state index contributed by atoms with van der Waals surface area (Å²) in [5.41, 5.74) is 3.11. The molecule has 0 aromatic carbocycles. The number of pyridine rings is 1. The van der Waals surface area contributed by atoms with Crippen LogP contribution in [0.2, 0.25) is 0 Å². The van der Waals surface area contributed by atoms with Crippen molar-refractivity contribution in [3.05, 3.63) is 41.5 Å². The van der Waals surface area contributed by atoms with Gasteiger partial charge >= 0.3 is 12.3 Å². The van der Waals surface area contributed by atoms with Crippen LogP contribution in [0.5, 0.6) is 0 Å². The first-order valence-corrected chi connectivity index (χ1v) is 13.2. The number of hydrogen-bond acceptors (Lipinski definition) is 7. The molecule has 3 N–H and O–H groups in total. The van der Waals surface area contributed by atoms with Crippen LogP contribution in [0.25, 0.3) is 0 Å². The summed E-state index contributed by atoms with van der Waals surface area (Å²) >= 11 is 0. The maximum absolute atomic E-state index is 13.0. The van der Waals surface area contributed by atoms with Crippen LogP contribution >= 0.6 is 0 Å². The highest BCUT2D eigenvalue weighted by molar-refractivity contribution is 6.07. The first kappa shape index (κ1) is 29.3. The number of hydrogen-bond donors (Lipinski definition) is 2. The van der Waals surface area contributed by atoms with Gasteiger partial charge in [-0.3, -0.25) is 19.2 Å². The van der Waals surface area contributed by atoms with Crippen LogP contribution in [-0.2, 0) is 10.9 Å². The van der Waals surface area contributed by atoms with Crippen molar-refractivity contribution < 1.29 is 32.3 Å². The van der Waals surface area contributed by atoms with Gasteiger partial charge in [-0.25, -0.2) is 9.78 Å². The van der Waals surface area contributed by atoms with Gasteiger partial charge in [-0.1, -0.05) is 6.07 Å². The van der Waals surface area contributed by atoms with Crippen LogP contribution in [0.1, 0.15) is 79.2 Å². The number of anilines is 1. The highest BCUT2D eigenvalue weighted by atomic mass is 19.4. The van der Waals surface area contributed by atoms with Crippen LogP contribution in [0, 0.1) is 0 Å². The van der Waals surface area contributed by atoms with Crippen LogP contribution in [0.3, 0.4) is 0 Å². The molecular formula is C26H34F3N7O4. The highest BCUT2D eigenvalue weighted by Crippen LogP contribution is 2.33. The molecule has 1 saturated heterocycles. The third kappa shape index (κ3) is 7.09. The van der Waals surface area contributed by atoms with E-state index in [0.717, 1.165) is 57.0 Å². The Kier molecular flexibility index (Phi) is 8.38. The van der Waals surface area contributed by atoms with Gasteiger partial charge in [0.05, 0.1) is 11.7 Å². The molecule has 11 nitrogen and oxygen atoms in total. The summed E-state index contributed by atoms with van der Waals surface area (Å²) < 4.78 is 46.0. The van der Waals surface area contributed by atoms with E-state index in [4.69, 9.17) is 10.5 Å². The molecule has 1 aliphatic carbocycles. The number of alkyl halides is 3. The number of carbonyl (C=O) groups is 3. The molecule has 2 aromatic heterocycles. The minimum absolute atomic E-state index is 0.0112. The van der Waals surface area contributed by atoms with E-state index in [1.807, 2.05) is 20.8 Å². The van der Waals surface area contributed by atoms with Crippen molar-refractivity contribution in [3.8, 4) is 0 Å². The summed E-state index contributed by atoms with van der Waals surface area (Å²) in [7, 11) is 0. The molecule has 40 heavy (non-hydrogen) atoms. The smallest absolute Gasteiger partial charge is 0.433 e. The van der Waals surface area contributed by atoms with Gasteiger partial charge in [-0.05, 0) is 58.6 Å². The second-order valence-electron chi connectivity index (χ2n) is 11.1. The zero-order valence-corrected chi connectivity index (χ0v) is 22.7. The van der Waals surface area contributed by atoms with Gasteiger partial charge < -0.3 is 20.7 Å². The molecule has 0 atom stereocenters. The third-order valence-corrected chi connectivity index (χ3v) is 7.01. The Labute approximate surface area is 229 Å². The number of amides is 3. The zero-order valence-electron chi connectivity index (χ0n) is 22.7. The van der Waals surface area contributed by atoms with E-state index in [2.05, 4.69) is 20.3 Å². The topological polar surface area (TPSA) is 136 Å². The number of nitrogens with one attached hydrogen (secondary N) is 1. The quantitative estimate of drug-likeness (QED) is 0.565. The minimum Gasteiger partial charge on any atom is -0.444 e. The standard InChI is InChI=1S/C26H34F3N7O4/c1-25(2,3)40-24(39)35-13-11-34(12-14-35)16-7-9-17(10-8-16)36-15-19(21(33-36)22(30)37)32-23(38)18-5-4-6-20(31-18)26(27,28)29/h4-6,15-17H,7-14H2,1-3H3,(H2,30,37)(H,32,38). The second-order valence-corrected chi connectivity index (χ2v) is 11.1. The fourth-order valence-electron chi connectivity index (χ4n) is 5.04. The number of ether oxygens (including phenoxy) is 1. The molecule has 2 fully saturated rings. The summed E-state index contributed by atoms with van der Waals surface area (Å²) in [6.45, 7) is 8.23. The molecule has 4 rings (SSSR count). The number of carbonyl (C=O) groups excluding carboxylic acids is 3. The SMILES string of the molecule is CC(C)(C)OC(=O)N1CCN(C2CCC(n3cc(NC(=O)c4cccc(C(F)(F)F)n4)c(C(N)=O)n3)CC2)CC1. The van der Waals surface area contributed by atoms with Gasteiger partial charge in [0, 0.05) is 38.4 Å². The van der Waals surface area contributed by atoms with Gasteiger partial charge in [0.15, 0.2) is 5.69 Å². The molecule has 3 heterocycles. The average Bonchev–Trinajstić information content (AvgIpc) is 3.31. The van der Waals surface area contributed by atoms with Gasteiger partial charge in [0.25, 0.3) is 11.8 Å². The van der Waals surface area contributed by atoms with E-state index in [9.17, 15) is 27.6 Å². The lowest BCUT2D eigenvalue weighted by Crippen LogP contribution is -2.53. The van der Waals surface area contributed by atoms with Crippen molar-refractivity contribution in [2.75, 3.05) is 31.5 Å². The summed E-state index contributed by atoms with van der Waals surface area (Å²) in [4.78, 5) is 44.5. The Morgan fingerprint density at radius 3 is 2.20 bits per heavy atom. The predicted molar refractivity (Wildman–Crippen MR) is 139 cm³/mol. The molecule has 2 aliphatic rings. The summed E-state index contributed by atoms with van der Waals surface area (Å²) in [6.07, 6.45) is -0.247. The Bertz CT molecular complexity index is 1240. The number of nitrogens with zero attached hydrogens (tertiary/aromatic N) is 5. The van der Waals surface area contributed by atoms with Crippen molar-refractivity contribution in [3.63, 3.8) is 0 Å². The van der Waals surface area contributed by atoms with E-state index in [1.54, 1.807) is 9.58 Å². The largest absolute Gasteiger partial charge is 0.444 e. The first-order valence-electron chi connectivity index (χ1n) is 13.2. The number of piperazine rings is 1. The molecular weight excluding hydrogens is 531 g/mol. The number of aromatic nitrogens is 3. The van der Waals surface area contributed by atoms with Gasteiger partial charge in [0.1, 0.15) is 17.0 Å². The van der Waals surface area contributed by atoms with Crippen molar-refractivity contribution in [2.45, 2.75) is 70.3 Å². The molecule has 2 aromatic rings. The maximum Gasteiger partial charge on any atom is 0.433 e. The molecule has 0 bridgehead atoms. The Morgan fingerprint density at radius 2 is 1.62 bits per heavy atom. The van der Waals surface area contributed by atoms with E-state index < -0.39 is 35.0 Å². The van der Waals surface area contributed by atoms with E-state index in [0.29, 0.717) is 19.1 Å². The van der Waals surface area contributed by atoms with Crippen LogP contribution in [0.4, 0.5) is 23.7 Å². The monoisotopic (exact) mass is 565 g/mol. The van der Waals surface area contributed by atoms with E-state index in [-0.39, 0.29) is 23.5 Å². The second kappa shape index (κ2) is 11.4. The van der Waals surface area contributed by atoms with Crippen molar-refractivity contribution in [1.82, 2.24) is 24.6 Å². The molecule has 1 saturated carbocycles. The predicted octanol–water partition coefficient (Wildman–Crippen LogP) is 3.68. The van der Waals surface area contributed by atoms with Gasteiger partial charge in [-0.2, -0.15) is 18.3 Å². The Hall–Kier alpha value is -3.68. The summed E-state index contributed by atoms with van der Waals surface area (Å²) in [5, 5.41) is 6.72. The van der Waals surface area contributed by atoms with Gasteiger partial charge in [0.2, 0.25) is 0 Å². The maximum atomic E-state index is 13.0. The third-order valence-electron chi connectivity index (χ3n) is 7.01. The molecule has 0 spiro atoms. The first-order chi connectivity index (χ1) is 18.7. The lowest BCUT2D eigenvalue weighted by atomic mass is 9.90. The van der Waals surface area contributed by atoms with Crippen LogP contribution < -0.4 is 11.1 Å².